The van der Waals surface area contributed by atoms with E-state index in [0.29, 0.717) is 6.42 Å². The summed E-state index contributed by atoms with van der Waals surface area (Å²) in [6.45, 7) is 5.47. The fourth-order valence-electron chi connectivity index (χ4n) is 0.935. The van der Waals surface area contributed by atoms with Crippen LogP contribution in [0.4, 0.5) is 13.2 Å². The Kier molecular flexibility index (Phi) is 5.85. The number of alkyl halides is 3. The topological polar surface area (TPSA) is 29.1 Å². The fraction of sp³-hybridized carbons (Fsp3) is 0.545. The van der Waals surface area contributed by atoms with E-state index < -0.39 is 12.1 Å². The second-order valence-corrected chi connectivity index (χ2v) is 3.36. The predicted octanol–water partition coefficient (Wildman–Crippen LogP) is 3.32. The van der Waals surface area contributed by atoms with Crippen molar-refractivity contribution < 1.29 is 18.0 Å². The van der Waals surface area contributed by atoms with Crippen molar-refractivity contribution in [3.63, 3.8) is 0 Å². The van der Waals surface area contributed by atoms with Crippen molar-refractivity contribution in [2.45, 2.75) is 39.8 Å². The monoisotopic (exact) mass is 235 g/mol. The first kappa shape index (κ1) is 14.7. The van der Waals surface area contributed by atoms with Crippen LogP contribution in [0, 0.1) is 0 Å². The van der Waals surface area contributed by atoms with Crippen LogP contribution >= 0.6 is 0 Å². The van der Waals surface area contributed by atoms with Crippen LogP contribution in [0.5, 0.6) is 0 Å². The number of hydrogen-bond acceptors (Lipinski definition) is 1. The molecule has 0 aromatic heterocycles. The number of amides is 1. The molecule has 0 spiro atoms. The molecule has 5 heteroatoms. The Bertz CT molecular complexity index is 303. The molecule has 0 unspecified atom stereocenters. The molecule has 16 heavy (non-hydrogen) atoms. The molecule has 0 aromatic rings. The van der Waals surface area contributed by atoms with E-state index >= 15 is 0 Å². The summed E-state index contributed by atoms with van der Waals surface area (Å²) < 4.78 is 36.0. The van der Waals surface area contributed by atoms with E-state index in [1.165, 1.54) is 0 Å². The summed E-state index contributed by atoms with van der Waals surface area (Å²) in [4.78, 5) is 10.7. The van der Waals surface area contributed by atoms with Gasteiger partial charge in [0, 0.05) is 5.70 Å². The number of nitrogens with one attached hydrogen (secondary N) is 1. The highest BCUT2D eigenvalue weighted by Crippen LogP contribution is 2.15. The quantitative estimate of drug-likeness (QED) is 0.744. The first-order chi connectivity index (χ1) is 7.31. The molecule has 0 fully saturated rings. The van der Waals surface area contributed by atoms with E-state index in [1.807, 2.05) is 12.2 Å². The molecule has 1 N–H and O–H groups in total. The number of rotatable bonds is 4. The molecular formula is C11H16F3NO. The highest BCUT2D eigenvalue weighted by Gasteiger charge is 2.38. The number of hydrogen-bond donors (Lipinski definition) is 1. The Morgan fingerprint density at radius 2 is 1.88 bits per heavy atom. The zero-order valence-electron chi connectivity index (χ0n) is 9.61. The van der Waals surface area contributed by atoms with Gasteiger partial charge in [-0.15, -0.1) is 0 Å². The van der Waals surface area contributed by atoms with E-state index in [1.54, 1.807) is 26.0 Å². The third-order valence-electron chi connectivity index (χ3n) is 1.90. The van der Waals surface area contributed by atoms with Gasteiger partial charge >= 0.3 is 12.1 Å². The number of allylic oxidation sites excluding steroid dienone is 3. The van der Waals surface area contributed by atoms with Crippen LogP contribution in [-0.2, 0) is 4.79 Å². The van der Waals surface area contributed by atoms with Crippen LogP contribution in [0.2, 0.25) is 0 Å². The lowest BCUT2D eigenvalue weighted by Crippen LogP contribution is -2.35. The highest BCUT2D eigenvalue weighted by molar-refractivity contribution is 5.83. The fourth-order valence-corrected chi connectivity index (χ4v) is 0.935. The molecule has 1 amide bonds. The predicted molar refractivity (Wildman–Crippen MR) is 56.6 cm³/mol. The summed E-state index contributed by atoms with van der Waals surface area (Å²) in [5.41, 5.74) is 1.10. The summed E-state index contributed by atoms with van der Waals surface area (Å²) in [6, 6.07) is 0. The summed E-state index contributed by atoms with van der Waals surface area (Å²) in [6.07, 6.45) is -0.472. The lowest BCUT2D eigenvalue weighted by Gasteiger charge is -2.09. The lowest BCUT2D eigenvalue weighted by atomic mass is 10.2. The molecule has 0 bridgehead atoms. The SMILES string of the molecule is CC/C=C(\C=C(/C)CC)NC(=O)C(F)(F)F. The second-order valence-electron chi connectivity index (χ2n) is 3.36. The first-order valence-electron chi connectivity index (χ1n) is 5.06. The van der Waals surface area contributed by atoms with Crippen molar-refractivity contribution in [2.75, 3.05) is 0 Å². The molecule has 0 saturated heterocycles. The average molecular weight is 235 g/mol. The van der Waals surface area contributed by atoms with E-state index in [2.05, 4.69) is 0 Å². The van der Waals surface area contributed by atoms with Crippen molar-refractivity contribution in [1.29, 1.82) is 0 Å². The maximum absolute atomic E-state index is 12.0. The third kappa shape index (κ3) is 5.58. The Hall–Kier alpha value is -1.26. The molecule has 0 heterocycles. The van der Waals surface area contributed by atoms with Crippen molar-refractivity contribution in [1.82, 2.24) is 5.32 Å². The minimum absolute atomic E-state index is 0.198. The Balaban J connectivity index is 4.73. The molecule has 0 rings (SSSR count). The van der Waals surface area contributed by atoms with E-state index in [4.69, 9.17) is 0 Å². The average Bonchev–Trinajstić information content (AvgIpc) is 2.16. The molecular weight excluding hydrogens is 219 g/mol. The summed E-state index contributed by atoms with van der Waals surface area (Å²) >= 11 is 0. The molecule has 0 atom stereocenters. The molecule has 92 valence electrons. The zero-order chi connectivity index (χ0) is 12.8. The molecule has 2 nitrogen and oxygen atoms in total. The van der Waals surface area contributed by atoms with Crippen LogP contribution in [0.1, 0.15) is 33.6 Å². The second kappa shape index (κ2) is 6.35. The summed E-state index contributed by atoms with van der Waals surface area (Å²) in [5, 5.41) is 1.84. The lowest BCUT2D eigenvalue weighted by molar-refractivity contribution is -0.172. The normalized spacial score (nSPS) is 13.9. The largest absolute Gasteiger partial charge is 0.471 e. The van der Waals surface area contributed by atoms with Crippen molar-refractivity contribution in [3.8, 4) is 0 Å². The highest BCUT2D eigenvalue weighted by atomic mass is 19.4. The molecule has 0 aliphatic heterocycles. The third-order valence-corrected chi connectivity index (χ3v) is 1.90. The number of carbonyl (C=O) groups excluding carboxylic acids is 1. The van der Waals surface area contributed by atoms with Gasteiger partial charge in [0.1, 0.15) is 0 Å². The van der Waals surface area contributed by atoms with E-state index in [0.717, 1.165) is 12.0 Å². The van der Waals surface area contributed by atoms with Gasteiger partial charge in [0.25, 0.3) is 0 Å². The molecule has 0 aromatic carbocycles. The van der Waals surface area contributed by atoms with Gasteiger partial charge in [-0.2, -0.15) is 13.2 Å². The van der Waals surface area contributed by atoms with Gasteiger partial charge in [0.05, 0.1) is 0 Å². The number of carbonyl (C=O) groups is 1. The smallest absolute Gasteiger partial charge is 0.319 e. The van der Waals surface area contributed by atoms with Crippen LogP contribution < -0.4 is 5.32 Å². The minimum Gasteiger partial charge on any atom is -0.319 e. The molecule has 0 aliphatic carbocycles. The molecule has 0 aliphatic rings. The van der Waals surface area contributed by atoms with Crippen LogP contribution in [0.25, 0.3) is 0 Å². The van der Waals surface area contributed by atoms with Gasteiger partial charge < -0.3 is 5.32 Å². The maximum Gasteiger partial charge on any atom is 0.471 e. The zero-order valence-corrected chi connectivity index (χ0v) is 9.61. The van der Waals surface area contributed by atoms with E-state index in [-0.39, 0.29) is 5.70 Å². The van der Waals surface area contributed by atoms with Crippen LogP contribution in [-0.4, -0.2) is 12.1 Å². The van der Waals surface area contributed by atoms with Gasteiger partial charge in [-0.05, 0) is 25.8 Å². The van der Waals surface area contributed by atoms with Gasteiger partial charge in [-0.1, -0.05) is 25.5 Å². The summed E-state index contributed by atoms with van der Waals surface area (Å²) in [5.74, 6) is -1.94. The van der Waals surface area contributed by atoms with Gasteiger partial charge in [-0.3, -0.25) is 4.79 Å². The molecule has 0 radical (unpaired) electrons. The van der Waals surface area contributed by atoms with Gasteiger partial charge in [0.2, 0.25) is 0 Å². The summed E-state index contributed by atoms with van der Waals surface area (Å²) in [7, 11) is 0. The van der Waals surface area contributed by atoms with Crippen LogP contribution in [0.3, 0.4) is 0 Å². The Labute approximate surface area is 93.2 Å². The van der Waals surface area contributed by atoms with E-state index in [9.17, 15) is 18.0 Å². The Morgan fingerprint density at radius 1 is 1.31 bits per heavy atom. The van der Waals surface area contributed by atoms with Crippen molar-refractivity contribution >= 4 is 5.91 Å². The number of halogens is 3. The van der Waals surface area contributed by atoms with Gasteiger partial charge in [0.15, 0.2) is 0 Å². The maximum atomic E-state index is 12.0. The van der Waals surface area contributed by atoms with Crippen molar-refractivity contribution in [2.24, 2.45) is 0 Å². The standard InChI is InChI=1S/C11H16F3NO/c1-4-6-9(7-8(3)5-2)15-10(16)11(12,13)14/h6-7H,4-5H2,1-3H3,(H,15,16)/b8-7+,9-6+. The van der Waals surface area contributed by atoms with Gasteiger partial charge in [-0.25, -0.2) is 0 Å². The van der Waals surface area contributed by atoms with Crippen molar-refractivity contribution in [3.05, 3.63) is 23.4 Å². The first-order valence-corrected chi connectivity index (χ1v) is 5.06. The minimum atomic E-state index is -4.85. The van der Waals surface area contributed by atoms with Crippen LogP contribution in [0.15, 0.2) is 23.4 Å². The Morgan fingerprint density at radius 3 is 2.25 bits per heavy atom. The molecule has 0 saturated carbocycles.